The first-order chi connectivity index (χ1) is 35.2. The van der Waals surface area contributed by atoms with Crippen LogP contribution in [0, 0.1) is 56.7 Å². The van der Waals surface area contributed by atoms with Crippen LogP contribution in [0.15, 0.2) is 12.2 Å². The van der Waals surface area contributed by atoms with Gasteiger partial charge >= 0.3 is 5.97 Å². The lowest BCUT2D eigenvalue weighted by molar-refractivity contribution is -0.361. The summed E-state index contributed by atoms with van der Waals surface area (Å²) in [5.74, 6) is -0.421. The Bertz CT molecular complexity index is 2030. The first kappa shape index (κ1) is 58.1. The zero-order chi connectivity index (χ0) is 54.6. The Morgan fingerprint density at radius 3 is 1.95 bits per heavy atom. The van der Waals surface area contributed by atoms with E-state index >= 15 is 4.79 Å². The van der Waals surface area contributed by atoms with E-state index in [1.807, 2.05) is 6.92 Å². The van der Waals surface area contributed by atoms with Gasteiger partial charge in [-0.15, -0.1) is 0 Å². The molecule has 0 aromatic carbocycles. The largest absolute Gasteiger partial charge is 0.432 e. The molecular weight excluding hydrogens is 989 g/mol. The lowest BCUT2D eigenvalue weighted by Crippen LogP contribution is -2.68. The normalized spacial score (nSPS) is 56.0. The van der Waals surface area contributed by atoms with Crippen molar-refractivity contribution in [2.45, 2.75) is 229 Å². The molecule has 5 aliphatic carbocycles. The van der Waals surface area contributed by atoms with Gasteiger partial charge in [-0.3, -0.25) is 4.79 Å². The predicted molar refractivity (Wildman–Crippen MR) is 257 cm³/mol. The smallest absolute Gasteiger partial charge is 0.314 e. The van der Waals surface area contributed by atoms with Gasteiger partial charge in [-0.1, -0.05) is 39.8 Å². The second-order valence-electron chi connectivity index (χ2n) is 25.2. The molecule has 0 aromatic rings. The number of carbonyl (C=O) groups is 1. The molecule has 4 saturated heterocycles. The predicted octanol–water partition coefficient (Wildman–Crippen LogP) is -1.54. The van der Waals surface area contributed by atoms with Crippen molar-refractivity contribution in [3.8, 4) is 0 Å². The third-order valence-electron chi connectivity index (χ3n) is 21.5. The van der Waals surface area contributed by atoms with Gasteiger partial charge < -0.3 is 104 Å². The minimum Gasteiger partial charge on any atom is -0.432 e. The minimum atomic E-state index is -1.88. The molecule has 9 fully saturated rings. The van der Waals surface area contributed by atoms with E-state index in [1.165, 1.54) is 6.92 Å². The Morgan fingerprint density at radius 1 is 0.613 bits per heavy atom. The maximum absolute atomic E-state index is 15.1. The molecule has 9 aliphatic rings. The molecule has 0 aromatic heterocycles. The summed E-state index contributed by atoms with van der Waals surface area (Å²) in [5, 5.41) is 139. The Balaban J connectivity index is 0.885. The summed E-state index contributed by atoms with van der Waals surface area (Å²) in [6.07, 6.45) is -23.1. The maximum atomic E-state index is 15.1. The van der Waals surface area contributed by atoms with Crippen LogP contribution in [0.2, 0.25) is 0 Å². The van der Waals surface area contributed by atoms with Gasteiger partial charge in [-0.2, -0.15) is 0 Å². The average molecular weight is 1080 g/mol. The van der Waals surface area contributed by atoms with E-state index in [1.54, 1.807) is 0 Å². The molecule has 430 valence electrons. The van der Waals surface area contributed by atoms with Gasteiger partial charge in [0.15, 0.2) is 18.9 Å². The van der Waals surface area contributed by atoms with Crippen LogP contribution in [0.25, 0.3) is 0 Å². The molecule has 10 unspecified atom stereocenters. The van der Waals surface area contributed by atoms with Crippen LogP contribution < -0.4 is 0 Å². The number of esters is 1. The number of rotatable bonds is 12. The molecular formula is C53H86O22. The van der Waals surface area contributed by atoms with E-state index < -0.39 is 153 Å². The fourth-order valence-corrected chi connectivity index (χ4v) is 17.0. The fourth-order valence-electron chi connectivity index (χ4n) is 17.0. The molecule has 0 radical (unpaired) electrons. The minimum absolute atomic E-state index is 0.0180. The third-order valence-corrected chi connectivity index (χ3v) is 21.5. The molecule has 4 aliphatic heterocycles. The number of ether oxygens (including phenoxy) is 8. The van der Waals surface area contributed by atoms with Crippen LogP contribution in [-0.4, -0.2) is 222 Å². The number of hydrogen-bond acceptors (Lipinski definition) is 22. The van der Waals surface area contributed by atoms with Crippen LogP contribution in [0.5, 0.6) is 0 Å². The van der Waals surface area contributed by atoms with Crippen LogP contribution in [0.3, 0.4) is 0 Å². The van der Waals surface area contributed by atoms with Crippen molar-refractivity contribution >= 4 is 5.97 Å². The van der Waals surface area contributed by atoms with Gasteiger partial charge in [0, 0.05) is 5.41 Å². The molecule has 22 nitrogen and oxygen atoms in total. The van der Waals surface area contributed by atoms with Crippen molar-refractivity contribution in [1.82, 2.24) is 0 Å². The summed E-state index contributed by atoms with van der Waals surface area (Å²) >= 11 is 0. The lowest BCUT2D eigenvalue weighted by atomic mass is 9.32. The number of hydrogen-bond donors (Lipinski definition) is 13. The third kappa shape index (κ3) is 9.31. The molecule has 22 heteroatoms. The molecule has 9 rings (SSSR count). The van der Waals surface area contributed by atoms with Gasteiger partial charge in [0.25, 0.3) is 0 Å². The Labute approximate surface area is 437 Å². The average Bonchev–Trinajstić information content (AvgIpc) is 3.88. The fraction of sp³-hybridized carbons (Fsp3) is 0.943. The molecule has 0 bridgehead atoms. The topological polar surface area (TPSA) is 354 Å². The molecule has 75 heavy (non-hydrogen) atoms. The summed E-state index contributed by atoms with van der Waals surface area (Å²) in [6.45, 7) is 15.3. The van der Waals surface area contributed by atoms with Crippen LogP contribution in [0.4, 0.5) is 0 Å². The number of carbonyl (C=O) groups excluding carboxylic acids is 1. The first-order valence-electron chi connectivity index (χ1n) is 27.3. The van der Waals surface area contributed by atoms with Crippen molar-refractivity contribution in [3.63, 3.8) is 0 Å². The van der Waals surface area contributed by atoms with E-state index in [4.69, 9.17) is 37.9 Å². The monoisotopic (exact) mass is 1070 g/mol. The highest BCUT2D eigenvalue weighted by Gasteiger charge is 2.73. The second-order valence-corrected chi connectivity index (χ2v) is 25.2. The quantitative estimate of drug-likeness (QED) is 0.0598. The van der Waals surface area contributed by atoms with Crippen molar-refractivity contribution in [2.75, 3.05) is 26.4 Å². The number of aliphatic hydroxyl groups excluding tert-OH is 13. The van der Waals surface area contributed by atoms with Gasteiger partial charge in [0.2, 0.25) is 6.29 Å². The molecule has 30 atom stereocenters. The summed E-state index contributed by atoms with van der Waals surface area (Å²) in [4.78, 5) is 15.1. The van der Waals surface area contributed by atoms with Crippen molar-refractivity contribution < 1.29 is 109 Å². The lowest BCUT2D eigenvalue weighted by Gasteiger charge is -2.73. The van der Waals surface area contributed by atoms with E-state index in [-0.39, 0.29) is 59.0 Å². The van der Waals surface area contributed by atoms with E-state index in [0.717, 1.165) is 37.7 Å². The second kappa shape index (κ2) is 21.4. The Kier molecular flexibility index (Phi) is 16.6. The van der Waals surface area contributed by atoms with E-state index in [9.17, 15) is 66.4 Å². The van der Waals surface area contributed by atoms with Crippen molar-refractivity contribution in [1.29, 1.82) is 0 Å². The van der Waals surface area contributed by atoms with E-state index in [0.29, 0.717) is 32.1 Å². The molecule has 4 heterocycles. The van der Waals surface area contributed by atoms with Gasteiger partial charge in [-0.25, -0.2) is 0 Å². The van der Waals surface area contributed by atoms with Crippen molar-refractivity contribution in [3.05, 3.63) is 12.2 Å². The van der Waals surface area contributed by atoms with Crippen LogP contribution in [-0.2, 0) is 42.7 Å². The first-order valence-corrected chi connectivity index (χ1v) is 27.3. The highest BCUT2D eigenvalue weighted by Crippen LogP contribution is 2.78. The van der Waals surface area contributed by atoms with Gasteiger partial charge in [0.1, 0.15) is 85.5 Å². The Morgan fingerprint density at radius 2 is 1.27 bits per heavy atom. The highest BCUT2D eigenvalue weighted by molar-refractivity contribution is 5.78. The van der Waals surface area contributed by atoms with Crippen LogP contribution in [0.1, 0.15) is 106 Å². The zero-order valence-corrected chi connectivity index (χ0v) is 44.0. The van der Waals surface area contributed by atoms with Gasteiger partial charge in [0.05, 0.1) is 44.1 Å². The zero-order valence-electron chi connectivity index (χ0n) is 44.0. The number of aliphatic hydroxyl groups is 13. The summed E-state index contributed by atoms with van der Waals surface area (Å²) < 4.78 is 47.0. The number of fused-ring (bicyclic) bond motifs is 7. The number of allylic oxidation sites excluding steroid dienone is 1. The summed E-state index contributed by atoms with van der Waals surface area (Å²) in [6, 6.07) is 0. The molecule has 5 saturated carbocycles. The highest BCUT2D eigenvalue weighted by atomic mass is 16.8. The molecule has 13 N–H and O–H groups in total. The maximum Gasteiger partial charge on any atom is 0.314 e. The SMILES string of the molecule is C=C(C)C1CCC2(C(=O)O[C@@H]3O[C@H](CO[C@@H]4O[C@H](CO)[C@@H](O[C@@H]5O[C@@H](C)[C@H](O)[C@@H](O)[C@H]5O)[C@H](O)[C@H]4O)[C@@H](O)[C@H](O)[C@H]3O)CCC3(C)C(CCC4C5(C)CCC(O[C@@H]6OC[C@@H](O)[C@H](O)[C@H]6O)[C@@](C)(CO)C5CCC43C)C12. The van der Waals surface area contributed by atoms with Crippen molar-refractivity contribution in [2.24, 2.45) is 56.7 Å². The van der Waals surface area contributed by atoms with Gasteiger partial charge in [-0.05, 0) is 124 Å². The molecule has 0 amide bonds. The summed E-state index contributed by atoms with van der Waals surface area (Å²) in [7, 11) is 0. The van der Waals surface area contributed by atoms with E-state index in [2.05, 4.69) is 34.3 Å². The molecule has 0 spiro atoms. The summed E-state index contributed by atoms with van der Waals surface area (Å²) in [5.41, 5.74) is -1.38. The standard InChI is InChI=1S/C53H86O22/c1-22(2)24-10-15-53(48(67)75-47-41(65)37(61)35(59)28(72-47)20-69-44-42(66)38(62)43(27(18-54)71-44)74-46-40(64)36(60)33(57)23(3)70-46)17-16-51(6)25(32(24)53)8-9-30-49(4)13-12-31(73-45-39(63)34(58)26(56)19-68-45)50(5,21-55)29(49)11-14-52(30,51)7/h23-47,54-66H,1,8-21H2,2-7H3/t23-,24?,25?,26+,27+,28+,29?,30?,31?,32?,33-,34-,35+,36+,37-,38+,39+,40+,41+,42+,43+,44+,45-,46-,47-,49?,50-,51?,52?,53?/m0/s1. The Hall–Kier alpha value is -1.59. The van der Waals surface area contributed by atoms with Crippen LogP contribution >= 0.6 is 0 Å².